The van der Waals surface area contributed by atoms with Crippen molar-refractivity contribution < 1.29 is 9.59 Å². The van der Waals surface area contributed by atoms with Gasteiger partial charge in [0.1, 0.15) is 0 Å². The average molecular weight is 330 g/mol. The van der Waals surface area contributed by atoms with Crippen LogP contribution in [-0.2, 0) is 4.79 Å². The minimum Gasteiger partial charge on any atom is -0.289 e. The highest BCUT2D eigenvalue weighted by molar-refractivity contribution is 8.04. The number of thiazole rings is 1. The maximum Gasteiger partial charge on any atom is 0.225 e. The Kier molecular flexibility index (Phi) is 4.13. The molecule has 2 heterocycles. The molecule has 1 aromatic carbocycles. The number of benzene rings is 1. The standard InChI is InChI=1S/C16H14N2O2S2/c1-3-18(10(2)19)16-17-11(9-21-16)8-14-15(20)12-6-4-5-7-13(12)22-14/h4-9H,3H2,1-2H3. The van der Waals surface area contributed by atoms with E-state index in [-0.39, 0.29) is 11.7 Å². The van der Waals surface area contributed by atoms with Crippen LogP contribution in [0, 0.1) is 0 Å². The summed E-state index contributed by atoms with van der Waals surface area (Å²) in [7, 11) is 0. The summed E-state index contributed by atoms with van der Waals surface area (Å²) in [4.78, 5) is 31.6. The van der Waals surface area contributed by atoms with Crippen molar-refractivity contribution in [2.24, 2.45) is 0 Å². The average Bonchev–Trinajstić information content (AvgIpc) is 3.06. The van der Waals surface area contributed by atoms with Gasteiger partial charge < -0.3 is 0 Å². The second kappa shape index (κ2) is 6.06. The van der Waals surface area contributed by atoms with Crippen molar-refractivity contribution in [3.8, 4) is 0 Å². The smallest absolute Gasteiger partial charge is 0.225 e. The van der Waals surface area contributed by atoms with Crippen molar-refractivity contribution in [2.75, 3.05) is 11.4 Å². The minimum absolute atomic E-state index is 0.0326. The Hall–Kier alpha value is -1.92. The molecule has 1 aliphatic heterocycles. The summed E-state index contributed by atoms with van der Waals surface area (Å²) in [6.07, 6.45) is 1.79. The number of Topliss-reactive ketones (excluding diaryl/α,β-unsaturated/α-hetero) is 1. The lowest BCUT2D eigenvalue weighted by Gasteiger charge is -2.14. The Morgan fingerprint density at radius 1 is 1.36 bits per heavy atom. The number of thioether (sulfide) groups is 1. The zero-order valence-corrected chi connectivity index (χ0v) is 13.8. The van der Waals surface area contributed by atoms with E-state index in [4.69, 9.17) is 0 Å². The van der Waals surface area contributed by atoms with E-state index in [1.165, 1.54) is 30.0 Å². The third-order valence-corrected chi connectivity index (χ3v) is 5.27. The first-order valence-corrected chi connectivity index (χ1v) is 8.56. The Labute approximate surface area is 136 Å². The van der Waals surface area contributed by atoms with Gasteiger partial charge in [0, 0.05) is 29.3 Å². The number of nitrogens with zero attached hydrogens (tertiary/aromatic N) is 2. The molecule has 1 aliphatic rings. The third-order valence-electron chi connectivity index (χ3n) is 3.29. The molecule has 3 rings (SSSR count). The zero-order valence-electron chi connectivity index (χ0n) is 12.2. The second-order valence-corrected chi connectivity index (χ2v) is 6.67. The number of allylic oxidation sites excluding steroid dienone is 1. The summed E-state index contributed by atoms with van der Waals surface area (Å²) in [6.45, 7) is 4.02. The van der Waals surface area contributed by atoms with E-state index in [2.05, 4.69) is 4.98 Å². The predicted molar refractivity (Wildman–Crippen MR) is 90.4 cm³/mol. The number of ketones is 1. The van der Waals surface area contributed by atoms with Gasteiger partial charge in [-0.2, -0.15) is 0 Å². The summed E-state index contributed by atoms with van der Waals surface area (Å²) in [5.41, 5.74) is 1.46. The van der Waals surface area contributed by atoms with Gasteiger partial charge in [0.2, 0.25) is 11.7 Å². The first-order valence-electron chi connectivity index (χ1n) is 6.87. The largest absolute Gasteiger partial charge is 0.289 e. The van der Waals surface area contributed by atoms with Gasteiger partial charge in [-0.25, -0.2) is 4.98 Å². The van der Waals surface area contributed by atoms with Gasteiger partial charge in [-0.05, 0) is 25.1 Å². The lowest BCUT2D eigenvalue weighted by molar-refractivity contribution is -0.116. The fraction of sp³-hybridized carbons (Fsp3) is 0.188. The number of carbonyl (C=O) groups is 2. The minimum atomic E-state index is -0.0326. The normalized spacial score (nSPS) is 15.2. The third kappa shape index (κ3) is 2.71. The Morgan fingerprint density at radius 2 is 2.14 bits per heavy atom. The molecular weight excluding hydrogens is 316 g/mol. The number of fused-ring (bicyclic) bond motifs is 1. The van der Waals surface area contributed by atoms with Gasteiger partial charge in [0.25, 0.3) is 0 Å². The van der Waals surface area contributed by atoms with Crippen LogP contribution in [0.5, 0.6) is 0 Å². The molecule has 0 atom stereocenters. The number of carbonyl (C=O) groups excluding carboxylic acids is 2. The molecule has 1 amide bonds. The topological polar surface area (TPSA) is 50.3 Å². The van der Waals surface area contributed by atoms with Crippen molar-refractivity contribution in [1.82, 2.24) is 4.98 Å². The number of hydrogen-bond donors (Lipinski definition) is 0. The molecule has 22 heavy (non-hydrogen) atoms. The lowest BCUT2D eigenvalue weighted by atomic mass is 10.1. The van der Waals surface area contributed by atoms with E-state index < -0.39 is 0 Å². The van der Waals surface area contributed by atoms with Crippen LogP contribution < -0.4 is 4.90 Å². The van der Waals surface area contributed by atoms with E-state index in [1.54, 1.807) is 11.0 Å². The monoisotopic (exact) mass is 330 g/mol. The van der Waals surface area contributed by atoms with Crippen molar-refractivity contribution in [3.63, 3.8) is 0 Å². The summed E-state index contributed by atoms with van der Waals surface area (Å²) in [6, 6.07) is 7.58. The van der Waals surface area contributed by atoms with Gasteiger partial charge in [-0.3, -0.25) is 14.5 Å². The van der Waals surface area contributed by atoms with Gasteiger partial charge in [0.15, 0.2) is 5.13 Å². The van der Waals surface area contributed by atoms with Crippen molar-refractivity contribution in [1.29, 1.82) is 0 Å². The fourth-order valence-electron chi connectivity index (χ4n) is 2.23. The molecule has 1 aromatic heterocycles. The molecule has 6 heteroatoms. The van der Waals surface area contributed by atoms with Crippen molar-refractivity contribution in [3.05, 3.63) is 45.8 Å². The van der Waals surface area contributed by atoms with Crippen LogP contribution in [0.4, 0.5) is 5.13 Å². The number of amides is 1. The predicted octanol–water partition coefficient (Wildman–Crippen LogP) is 3.85. The highest BCUT2D eigenvalue weighted by Gasteiger charge is 2.25. The number of rotatable bonds is 3. The van der Waals surface area contributed by atoms with E-state index >= 15 is 0 Å². The van der Waals surface area contributed by atoms with Crippen LogP contribution >= 0.6 is 23.1 Å². The molecule has 0 saturated heterocycles. The molecule has 0 fully saturated rings. The lowest BCUT2D eigenvalue weighted by Crippen LogP contribution is -2.27. The molecular formula is C16H14N2O2S2. The van der Waals surface area contributed by atoms with Crippen molar-refractivity contribution in [2.45, 2.75) is 18.7 Å². The molecule has 4 nitrogen and oxygen atoms in total. The first-order chi connectivity index (χ1) is 10.6. The van der Waals surface area contributed by atoms with Gasteiger partial charge in [-0.1, -0.05) is 23.9 Å². The fourth-order valence-corrected chi connectivity index (χ4v) is 4.16. The van der Waals surface area contributed by atoms with Crippen molar-refractivity contribution >= 4 is 46.0 Å². The molecule has 0 saturated carbocycles. The molecule has 0 N–H and O–H groups in total. The van der Waals surface area contributed by atoms with E-state index in [1.807, 2.05) is 36.6 Å². The van der Waals surface area contributed by atoms with Crippen LogP contribution in [0.2, 0.25) is 0 Å². The van der Waals surface area contributed by atoms with E-state index in [9.17, 15) is 9.59 Å². The van der Waals surface area contributed by atoms with E-state index in [0.29, 0.717) is 22.3 Å². The van der Waals surface area contributed by atoms with Crippen LogP contribution in [0.3, 0.4) is 0 Å². The maximum absolute atomic E-state index is 12.3. The molecule has 2 aromatic rings. The SMILES string of the molecule is CCN(C(C)=O)c1nc(C=C2Sc3ccccc3C2=O)cs1. The number of hydrogen-bond acceptors (Lipinski definition) is 5. The summed E-state index contributed by atoms with van der Waals surface area (Å²) >= 11 is 2.87. The second-order valence-electron chi connectivity index (χ2n) is 4.75. The van der Waals surface area contributed by atoms with Crippen LogP contribution in [0.15, 0.2) is 39.4 Å². The first kappa shape index (κ1) is 15.0. The molecule has 0 radical (unpaired) electrons. The molecule has 0 aliphatic carbocycles. The zero-order chi connectivity index (χ0) is 15.7. The van der Waals surface area contributed by atoms with Crippen LogP contribution in [-0.4, -0.2) is 23.2 Å². The quantitative estimate of drug-likeness (QED) is 0.802. The van der Waals surface area contributed by atoms with Crippen LogP contribution in [0.1, 0.15) is 29.9 Å². The number of aromatic nitrogens is 1. The molecule has 0 spiro atoms. The maximum atomic E-state index is 12.3. The summed E-state index contributed by atoms with van der Waals surface area (Å²) in [5, 5.41) is 2.53. The molecule has 0 bridgehead atoms. The molecule has 0 unspecified atom stereocenters. The van der Waals surface area contributed by atoms with Gasteiger partial charge in [0.05, 0.1) is 10.6 Å². The van der Waals surface area contributed by atoms with Gasteiger partial charge >= 0.3 is 0 Å². The van der Waals surface area contributed by atoms with Crippen LogP contribution in [0.25, 0.3) is 6.08 Å². The summed E-state index contributed by atoms with van der Waals surface area (Å²) < 4.78 is 0. The van der Waals surface area contributed by atoms with E-state index in [0.717, 1.165) is 10.5 Å². The Bertz CT molecular complexity index is 780. The highest BCUT2D eigenvalue weighted by Crippen LogP contribution is 2.40. The Morgan fingerprint density at radius 3 is 2.82 bits per heavy atom. The Balaban J connectivity index is 1.87. The highest BCUT2D eigenvalue weighted by atomic mass is 32.2. The van der Waals surface area contributed by atoms with Gasteiger partial charge in [-0.15, -0.1) is 11.3 Å². The summed E-state index contributed by atoms with van der Waals surface area (Å²) in [5.74, 6) is 0.00356. The molecule has 112 valence electrons. The number of anilines is 1.